The van der Waals surface area contributed by atoms with E-state index in [1.54, 1.807) is 7.11 Å². The van der Waals surface area contributed by atoms with Gasteiger partial charge >= 0.3 is 0 Å². The second kappa shape index (κ2) is 8.52. The van der Waals surface area contributed by atoms with Crippen LogP contribution in [0.4, 0.5) is 0 Å². The average molecular weight is 270 g/mol. The molecule has 18 heavy (non-hydrogen) atoms. The third kappa shape index (κ3) is 5.85. The van der Waals surface area contributed by atoms with Crippen molar-refractivity contribution in [2.45, 2.75) is 38.6 Å². The molecule has 0 amide bonds. The lowest BCUT2D eigenvalue weighted by Gasteiger charge is -2.19. The molecule has 1 aromatic rings. The molecule has 0 bridgehead atoms. The van der Waals surface area contributed by atoms with Gasteiger partial charge in [0.25, 0.3) is 0 Å². The molecule has 0 heterocycles. The summed E-state index contributed by atoms with van der Waals surface area (Å²) in [6.45, 7) is 6.18. The minimum absolute atomic E-state index is 0.516. The van der Waals surface area contributed by atoms with Crippen molar-refractivity contribution in [3.8, 4) is 0 Å². The van der Waals surface area contributed by atoms with Crippen LogP contribution in [0.15, 0.2) is 24.3 Å². The molecule has 0 fully saturated rings. The lowest BCUT2D eigenvalue weighted by Crippen LogP contribution is -2.28. The fraction of sp³-hybridized carbons (Fsp3) is 0.600. The van der Waals surface area contributed by atoms with E-state index in [2.05, 4.69) is 31.3 Å². The zero-order valence-electron chi connectivity index (χ0n) is 11.6. The van der Waals surface area contributed by atoms with Crippen molar-refractivity contribution in [2.24, 2.45) is 0 Å². The third-order valence-electron chi connectivity index (χ3n) is 3.01. The van der Waals surface area contributed by atoms with Crippen molar-refractivity contribution in [2.75, 3.05) is 20.3 Å². The van der Waals surface area contributed by atoms with Crippen LogP contribution in [0.1, 0.15) is 38.2 Å². The van der Waals surface area contributed by atoms with Gasteiger partial charge in [-0.15, -0.1) is 0 Å². The molecular formula is C15H24ClNO. The molecule has 0 aromatic heterocycles. The van der Waals surface area contributed by atoms with Crippen molar-refractivity contribution < 1.29 is 4.74 Å². The smallest absolute Gasteiger partial charge is 0.0462 e. The second-order valence-corrected chi connectivity index (χ2v) is 5.38. The first-order valence-electron chi connectivity index (χ1n) is 6.61. The van der Waals surface area contributed by atoms with Crippen LogP contribution < -0.4 is 5.32 Å². The summed E-state index contributed by atoms with van der Waals surface area (Å²) < 4.78 is 5.13. The van der Waals surface area contributed by atoms with E-state index < -0.39 is 0 Å². The molecule has 1 N–H and O–H groups in total. The molecule has 1 atom stereocenters. The SMILES string of the molecule is COCCCC(CNC(C)C)c1ccc(Cl)cc1. The molecule has 0 aliphatic carbocycles. The maximum Gasteiger partial charge on any atom is 0.0462 e. The van der Waals surface area contributed by atoms with Crippen molar-refractivity contribution in [3.63, 3.8) is 0 Å². The van der Waals surface area contributed by atoms with Crippen molar-refractivity contribution in [3.05, 3.63) is 34.9 Å². The van der Waals surface area contributed by atoms with Gasteiger partial charge in [-0.2, -0.15) is 0 Å². The van der Waals surface area contributed by atoms with E-state index in [4.69, 9.17) is 16.3 Å². The summed E-state index contributed by atoms with van der Waals surface area (Å²) in [5.41, 5.74) is 1.35. The Morgan fingerprint density at radius 2 is 1.89 bits per heavy atom. The van der Waals surface area contributed by atoms with Gasteiger partial charge in [0, 0.05) is 31.3 Å². The van der Waals surface area contributed by atoms with Gasteiger partial charge in [0.15, 0.2) is 0 Å². The van der Waals surface area contributed by atoms with E-state index >= 15 is 0 Å². The van der Waals surface area contributed by atoms with Crippen LogP contribution in [0.5, 0.6) is 0 Å². The summed E-state index contributed by atoms with van der Waals surface area (Å²) in [7, 11) is 1.75. The maximum absolute atomic E-state index is 5.94. The fourth-order valence-electron chi connectivity index (χ4n) is 1.97. The highest BCUT2D eigenvalue weighted by atomic mass is 35.5. The first-order chi connectivity index (χ1) is 8.63. The van der Waals surface area contributed by atoms with Crippen LogP contribution in [0, 0.1) is 0 Å². The molecule has 3 heteroatoms. The molecule has 0 spiro atoms. The van der Waals surface area contributed by atoms with Crippen LogP contribution in [0.25, 0.3) is 0 Å². The Hall–Kier alpha value is -0.570. The lowest BCUT2D eigenvalue weighted by molar-refractivity contribution is 0.190. The molecule has 0 saturated carbocycles. The highest BCUT2D eigenvalue weighted by Gasteiger charge is 2.11. The maximum atomic E-state index is 5.94. The minimum Gasteiger partial charge on any atom is -0.385 e. The third-order valence-corrected chi connectivity index (χ3v) is 3.27. The Morgan fingerprint density at radius 3 is 2.44 bits per heavy atom. The van der Waals surface area contributed by atoms with E-state index in [9.17, 15) is 0 Å². The quantitative estimate of drug-likeness (QED) is 0.724. The van der Waals surface area contributed by atoms with Crippen LogP contribution in [0.2, 0.25) is 5.02 Å². The van der Waals surface area contributed by atoms with Crippen molar-refractivity contribution in [1.82, 2.24) is 5.32 Å². The van der Waals surface area contributed by atoms with Gasteiger partial charge in [0.05, 0.1) is 0 Å². The fourth-order valence-corrected chi connectivity index (χ4v) is 2.10. The largest absolute Gasteiger partial charge is 0.385 e. The minimum atomic E-state index is 0.516. The molecule has 0 saturated heterocycles. The molecule has 0 aliphatic heterocycles. The number of hydrogen-bond donors (Lipinski definition) is 1. The van der Waals surface area contributed by atoms with Gasteiger partial charge in [-0.05, 0) is 36.5 Å². The van der Waals surface area contributed by atoms with E-state index in [1.807, 2.05) is 12.1 Å². The van der Waals surface area contributed by atoms with Crippen LogP contribution >= 0.6 is 11.6 Å². The van der Waals surface area contributed by atoms with Gasteiger partial charge in [0.1, 0.15) is 0 Å². The number of nitrogens with one attached hydrogen (secondary N) is 1. The zero-order valence-corrected chi connectivity index (χ0v) is 12.3. The van der Waals surface area contributed by atoms with Crippen LogP contribution in [-0.2, 0) is 4.74 Å². The molecule has 0 aliphatic rings. The van der Waals surface area contributed by atoms with Gasteiger partial charge in [-0.25, -0.2) is 0 Å². The molecule has 1 unspecified atom stereocenters. The second-order valence-electron chi connectivity index (χ2n) is 4.95. The highest BCUT2D eigenvalue weighted by molar-refractivity contribution is 6.30. The van der Waals surface area contributed by atoms with Crippen molar-refractivity contribution in [1.29, 1.82) is 0 Å². The highest BCUT2D eigenvalue weighted by Crippen LogP contribution is 2.22. The monoisotopic (exact) mass is 269 g/mol. The zero-order chi connectivity index (χ0) is 13.4. The van der Waals surface area contributed by atoms with E-state index in [0.29, 0.717) is 12.0 Å². The molecular weight excluding hydrogens is 246 g/mol. The Morgan fingerprint density at radius 1 is 1.22 bits per heavy atom. The molecule has 0 radical (unpaired) electrons. The number of rotatable bonds is 8. The Kier molecular flexibility index (Phi) is 7.33. The van der Waals surface area contributed by atoms with Gasteiger partial charge in [-0.1, -0.05) is 37.6 Å². The van der Waals surface area contributed by atoms with Crippen LogP contribution in [-0.4, -0.2) is 26.3 Å². The van der Waals surface area contributed by atoms with E-state index in [-0.39, 0.29) is 0 Å². The number of hydrogen-bond acceptors (Lipinski definition) is 2. The summed E-state index contributed by atoms with van der Waals surface area (Å²) >= 11 is 5.94. The summed E-state index contributed by atoms with van der Waals surface area (Å²) in [4.78, 5) is 0. The first-order valence-corrected chi connectivity index (χ1v) is 6.99. The normalized spacial score (nSPS) is 12.9. The van der Waals surface area contributed by atoms with Gasteiger partial charge < -0.3 is 10.1 Å². The Balaban J connectivity index is 2.60. The number of ether oxygens (including phenoxy) is 1. The van der Waals surface area contributed by atoms with Crippen LogP contribution in [0.3, 0.4) is 0 Å². The van der Waals surface area contributed by atoms with Gasteiger partial charge in [0.2, 0.25) is 0 Å². The lowest BCUT2D eigenvalue weighted by atomic mass is 9.94. The standard InChI is InChI=1S/C15H24ClNO/c1-12(2)17-11-14(5-4-10-18-3)13-6-8-15(16)9-7-13/h6-9,12,14,17H,4-5,10-11H2,1-3H3. The first kappa shape index (κ1) is 15.5. The summed E-state index contributed by atoms with van der Waals surface area (Å²) in [6, 6.07) is 8.71. The molecule has 1 aromatic carbocycles. The number of benzene rings is 1. The molecule has 2 nitrogen and oxygen atoms in total. The predicted octanol–water partition coefficient (Wildman–Crippen LogP) is 3.85. The number of halogens is 1. The predicted molar refractivity (Wildman–Crippen MR) is 78.4 cm³/mol. The summed E-state index contributed by atoms with van der Waals surface area (Å²) in [5.74, 6) is 0.528. The summed E-state index contributed by atoms with van der Waals surface area (Å²) in [6.07, 6.45) is 2.22. The van der Waals surface area contributed by atoms with E-state index in [1.165, 1.54) is 5.56 Å². The topological polar surface area (TPSA) is 21.3 Å². The Labute approximate surface area is 116 Å². The average Bonchev–Trinajstić information content (AvgIpc) is 2.34. The Bertz CT molecular complexity index is 324. The molecule has 1 rings (SSSR count). The number of methoxy groups -OCH3 is 1. The summed E-state index contributed by atoms with van der Waals surface area (Å²) in [5, 5.41) is 4.31. The van der Waals surface area contributed by atoms with E-state index in [0.717, 1.165) is 31.0 Å². The van der Waals surface area contributed by atoms with Gasteiger partial charge in [-0.3, -0.25) is 0 Å². The molecule has 102 valence electrons. The van der Waals surface area contributed by atoms with Crippen molar-refractivity contribution >= 4 is 11.6 Å².